The second-order valence-electron chi connectivity index (χ2n) is 5.38. The van der Waals surface area contributed by atoms with Crippen LogP contribution in [0.5, 0.6) is 0 Å². The SMILES string of the molecule is Cc1ccccc1CN(Cc1ccccn1)C(=O)CSCC(=O)O. The van der Waals surface area contributed by atoms with Gasteiger partial charge in [0, 0.05) is 12.7 Å². The van der Waals surface area contributed by atoms with Crippen LogP contribution in [0.15, 0.2) is 48.7 Å². The highest BCUT2D eigenvalue weighted by Crippen LogP contribution is 2.14. The third kappa shape index (κ3) is 5.70. The lowest BCUT2D eigenvalue weighted by Gasteiger charge is -2.23. The van der Waals surface area contributed by atoms with Gasteiger partial charge in [0.2, 0.25) is 5.91 Å². The number of thioether (sulfide) groups is 1. The Bertz CT molecular complexity index is 692. The van der Waals surface area contributed by atoms with Crippen molar-refractivity contribution in [2.75, 3.05) is 11.5 Å². The predicted molar refractivity (Wildman–Crippen MR) is 94.6 cm³/mol. The molecule has 0 atom stereocenters. The Morgan fingerprint density at radius 1 is 1.08 bits per heavy atom. The first kappa shape index (κ1) is 18.0. The van der Waals surface area contributed by atoms with Crippen LogP contribution in [-0.4, -0.2) is 38.4 Å². The molecule has 1 aromatic heterocycles. The molecule has 1 aromatic carbocycles. The second-order valence-corrected chi connectivity index (χ2v) is 6.37. The van der Waals surface area contributed by atoms with Gasteiger partial charge in [-0.1, -0.05) is 30.3 Å². The van der Waals surface area contributed by atoms with E-state index >= 15 is 0 Å². The Labute approximate surface area is 145 Å². The maximum Gasteiger partial charge on any atom is 0.313 e. The van der Waals surface area contributed by atoms with Crippen molar-refractivity contribution in [1.82, 2.24) is 9.88 Å². The van der Waals surface area contributed by atoms with E-state index in [2.05, 4.69) is 4.98 Å². The molecule has 1 heterocycles. The smallest absolute Gasteiger partial charge is 0.313 e. The number of nitrogens with zero attached hydrogens (tertiary/aromatic N) is 2. The molecule has 0 fully saturated rings. The maximum atomic E-state index is 12.5. The molecule has 6 heteroatoms. The summed E-state index contributed by atoms with van der Waals surface area (Å²) in [6.07, 6.45) is 1.70. The second kappa shape index (κ2) is 9.08. The number of carbonyl (C=O) groups excluding carboxylic acids is 1. The molecule has 0 bridgehead atoms. The van der Waals surface area contributed by atoms with E-state index in [0.717, 1.165) is 28.6 Å². The Morgan fingerprint density at radius 3 is 2.50 bits per heavy atom. The van der Waals surface area contributed by atoms with Gasteiger partial charge in [0.05, 0.1) is 23.7 Å². The highest BCUT2D eigenvalue weighted by molar-refractivity contribution is 8.00. The first-order valence-corrected chi connectivity index (χ1v) is 8.73. The number of aliphatic carboxylic acids is 1. The summed E-state index contributed by atoms with van der Waals surface area (Å²) >= 11 is 1.11. The van der Waals surface area contributed by atoms with Crippen molar-refractivity contribution in [3.05, 3.63) is 65.5 Å². The molecule has 0 radical (unpaired) electrons. The molecule has 0 aliphatic heterocycles. The average molecular weight is 344 g/mol. The standard InChI is InChI=1S/C18H20N2O3S/c1-14-6-2-3-7-15(14)10-20(11-16-8-4-5-9-19-16)17(21)12-24-13-18(22)23/h2-9H,10-13H2,1H3,(H,22,23). The molecule has 0 aliphatic rings. The number of benzene rings is 1. The molecule has 1 N–H and O–H groups in total. The average Bonchev–Trinajstić information content (AvgIpc) is 2.56. The number of carboxylic acid groups (broad SMARTS) is 1. The first-order chi connectivity index (χ1) is 11.6. The van der Waals surface area contributed by atoms with Gasteiger partial charge in [0.15, 0.2) is 0 Å². The third-order valence-corrected chi connectivity index (χ3v) is 4.41. The summed E-state index contributed by atoms with van der Waals surface area (Å²) in [6, 6.07) is 13.5. The molecule has 0 spiro atoms. The summed E-state index contributed by atoms with van der Waals surface area (Å²) in [6.45, 7) is 2.90. The van der Waals surface area contributed by atoms with Gasteiger partial charge in [-0.15, -0.1) is 11.8 Å². The molecule has 0 aliphatic carbocycles. The molecule has 0 saturated carbocycles. The minimum Gasteiger partial charge on any atom is -0.481 e. The number of hydrogen-bond donors (Lipinski definition) is 1. The van der Waals surface area contributed by atoms with Crippen LogP contribution in [0.3, 0.4) is 0 Å². The Kier molecular flexibility index (Phi) is 6.81. The van der Waals surface area contributed by atoms with Crippen LogP contribution in [0.4, 0.5) is 0 Å². The van der Waals surface area contributed by atoms with Crippen molar-refractivity contribution in [2.45, 2.75) is 20.0 Å². The van der Waals surface area contributed by atoms with Crippen molar-refractivity contribution in [3.8, 4) is 0 Å². The molecule has 0 unspecified atom stereocenters. The van der Waals surface area contributed by atoms with Crippen LogP contribution in [0.1, 0.15) is 16.8 Å². The molecular formula is C18H20N2O3S. The number of rotatable bonds is 8. The highest BCUT2D eigenvalue weighted by Gasteiger charge is 2.16. The van der Waals surface area contributed by atoms with Crippen LogP contribution in [0.25, 0.3) is 0 Å². The normalized spacial score (nSPS) is 10.4. The van der Waals surface area contributed by atoms with Gasteiger partial charge in [-0.25, -0.2) is 0 Å². The van der Waals surface area contributed by atoms with E-state index in [1.807, 2.05) is 49.4 Å². The van der Waals surface area contributed by atoms with Gasteiger partial charge in [0.25, 0.3) is 0 Å². The van der Waals surface area contributed by atoms with Gasteiger partial charge in [-0.2, -0.15) is 0 Å². The van der Waals surface area contributed by atoms with E-state index < -0.39 is 5.97 Å². The van der Waals surface area contributed by atoms with Gasteiger partial charge < -0.3 is 10.0 Å². The van der Waals surface area contributed by atoms with E-state index in [4.69, 9.17) is 5.11 Å². The molecular weight excluding hydrogens is 324 g/mol. The van der Waals surface area contributed by atoms with Crippen molar-refractivity contribution < 1.29 is 14.7 Å². The minimum absolute atomic E-state index is 0.0759. The quantitative estimate of drug-likeness (QED) is 0.797. The monoisotopic (exact) mass is 344 g/mol. The van der Waals surface area contributed by atoms with Gasteiger partial charge >= 0.3 is 5.97 Å². The number of carbonyl (C=O) groups is 2. The fourth-order valence-corrected chi connectivity index (χ4v) is 2.86. The zero-order chi connectivity index (χ0) is 17.4. The van der Waals surface area contributed by atoms with Crippen LogP contribution >= 0.6 is 11.8 Å². The molecule has 2 rings (SSSR count). The van der Waals surface area contributed by atoms with Crippen LogP contribution in [-0.2, 0) is 22.7 Å². The Hall–Kier alpha value is -2.34. The van der Waals surface area contributed by atoms with Crippen LogP contribution in [0.2, 0.25) is 0 Å². The minimum atomic E-state index is -0.914. The Morgan fingerprint density at radius 2 is 1.83 bits per heavy atom. The maximum absolute atomic E-state index is 12.5. The molecule has 2 aromatic rings. The number of pyridine rings is 1. The van der Waals surface area contributed by atoms with Gasteiger partial charge in [-0.05, 0) is 30.2 Å². The molecule has 1 amide bonds. The lowest BCUT2D eigenvalue weighted by molar-refractivity contribution is -0.133. The number of carboxylic acids is 1. The summed E-state index contributed by atoms with van der Waals surface area (Å²) in [5.74, 6) is -0.934. The van der Waals surface area contributed by atoms with Crippen molar-refractivity contribution >= 4 is 23.6 Å². The lowest BCUT2D eigenvalue weighted by Crippen LogP contribution is -2.32. The number of amides is 1. The summed E-state index contributed by atoms with van der Waals surface area (Å²) in [4.78, 5) is 29.2. The zero-order valence-electron chi connectivity index (χ0n) is 13.5. The van der Waals surface area contributed by atoms with Crippen LogP contribution in [0, 0.1) is 6.92 Å². The van der Waals surface area contributed by atoms with E-state index in [-0.39, 0.29) is 17.4 Å². The molecule has 126 valence electrons. The summed E-state index contributed by atoms with van der Waals surface area (Å²) in [7, 11) is 0. The molecule has 5 nitrogen and oxygen atoms in total. The molecule has 24 heavy (non-hydrogen) atoms. The summed E-state index contributed by atoms with van der Waals surface area (Å²) in [5, 5.41) is 8.72. The van der Waals surface area contributed by atoms with Crippen molar-refractivity contribution in [1.29, 1.82) is 0 Å². The third-order valence-electron chi connectivity index (χ3n) is 3.51. The van der Waals surface area contributed by atoms with Crippen molar-refractivity contribution in [3.63, 3.8) is 0 Å². The number of aromatic nitrogens is 1. The Balaban J connectivity index is 2.10. The fraction of sp³-hybridized carbons (Fsp3) is 0.278. The van der Waals surface area contributed by atoms with Gasteiger partial charge in [-0.3, -0.25) is 14.6 Å². The molecule has 0 saturated heterocycles. The fourth-order valence-electron chi connectivity index (χ4n) is 2.23. The van der Waals surface area contributed by atoms with E-state index in [9.17, 15) is 9.59 Å². The van der Waals surface area contributed by atoms with E-state index in [1.165, 1.54) is 0 Å². The topological polar surface area (TPSA) is 70.5 Å². The number of aryl methyl sites for hydroxylation is 1. The predicted octanol–water partition coefficient (Wildman–Crippen LogP) is 2.74. The van der Waals surface area contributed by atoms with Crippen LogP contribution < -0.4 is 0 Å². The lowest BCUT2D eigenvalue weighted by atomic mass is 10.1. The van der Waals surface area contributed by atoms with E-state index in [1.54, 1.807) is 11.1 Å². The highest BCUT2D eigenvalue weighted by atomic mass is 32.2. The summed E-state index contributed by atoms with van der Waals surface area (Å²) in [5.41, 5.74) is 3.00. The largest absolute Gasteiger partial charge is 0.481 e. The van der Waals surface area contributed by atoms with E-state index in [0.29, 0.717) is 13.1 Å². The first-order valence-electron chi connectivity index (χ1n) is 7.58. The summed E-state index contributed by atoms with van der Waals surface area (Å²) < 4.78 is 0. The van der Waals surface area contributed by atoms with Gasteiger partial charge in [0.1, 0.15) is 0 Å². The number of hydrogen-bond acceptors (Lipinski definition) is 4. The van der Waals surface area contributed by atoms with Crippen molar-refractivity contribution in [2.24, 2.45) is 0 Å². The zero-order valence-corrected chi connectivity index (χ0v) is 14.3.